The van der Waals surface area contributed by atoms with E-state index in [9.17, 15) is 14.9 Å². The summed E-state index contributed by atoms with van der Waals surface area (Å²) in [5.41, 5.74) is 0.461. The highest BCUT2D eigenvalue weighted by Gasteiger charge is 2.14. The van der Waals surface area contributed by atoms with Crippen LogP contribution in [0.25, 0.3) is 0 Å². The lowest BCUT2D eigenvalue weighted by Gasteiger charge is -2.05. The van der Waals surface area contributed by atoms with Gasteiger partial charge in [0.2, 0.25) is 5.89 Å². The van der Waals surface area contributed by atoms with Crippen molar-refractivity contribution in [3.8, 4) is 0 Å². The topological polar surface area (TPSA) is 111 Å². The van der Waals surface area contributed by atoms with E-state index in [1.165, 1.54) is 18.2 Å². The van der Waals surface area contributed by atoms with Crippen LogP contribution in [0.4, 0.5) is 11.4 Å². The standard InChI is InChI=1S/C12H12N4O4/c1-8-14-12(20-15-8)4-5-13-10-3-2-9(7-17)6-11(10)16(18)19/h2-3,6-7,13H,4-5H2,1H3. The number of aryl methyl sites for hydroxylation is 1. The Morgan fingerprint density at radius 2 is 2.30 bits per heavy atom. The number of nitrogens with zero attached hydrogens (tertiary/aromatic N) is 3. The van der Waals surface area contributed by atoms with Crippen molar-refractivity contribution in [1.29, 1.82) is 0 Å². The van der Waals surface area contributed by atoms with E-state index in [2.05, 4.69) is 15.5 Å². The van der Waals surface area contributed by atoms with Crippen molar-refractivity contribution in [3.05, 3.63) is 45.6 Å². The Hall–Kier alpha value is -2.77. The Morgan fingerprint density at radius 1 is 1.50 bits per heavy atom. The number of anilines is 1. The maximum absolute atomic E-state index is 10.9. The molecule has 8 nitrogen and oxygen atoms in total. The Morgan fingerprint density at radius 3 is 2.90 bits per heavy atom. The van der Waals surface area contributed by atoms with Crippen LogP contribution in [0, 0.1) is 17.0 Å². The summed E-state index contributed by atoms with van der Waals surface area (Å²) < 4.78 is 4.94. The molecular formula is C12H12N4O4. The summed E-state index contributed by atoms with van der Waals surface area (Å²) in [6.45, 7) is 2.12. The van der Waals surface area contributed by atoms with Crippen molar-refractivity contribution < 1.29 is 14.2 Å². The number of hydrogen-bond donors (Lipinski definition) is 1. The second-order valence-corrected chi connectivity index (χ2v) is 4.06. The van der Waals surface area contributed by atoms with Crippen LogP contribution in [0.3, 0.4) is 0 Å². The van der Waals surface area contributed by atoms with Gasteiger partial charge in [0, 0.05) is 24.6 Å². The molecule has 2 aromatic rings. The Kier molecular flexibility index (Phi) is 4.04. The van der Waals surface area contributed by atoms with Crippen LogP contribution in [0.1, 0.15) is 22.1 Å². The summed E-state index contributed by atoms with van der Waals surface area (Å²) in [5.74, 6) is 1.00. The fourth-order valence-corrected chi connectivity index (χ4v) is 1.67. The van der Waals surface area contributed by atoms with E-state index in [4.69, 9.17) is 4.52 Å². The first-order valence-corrected chi connectivity index (χ1v) is 5.87. The number of carbonyl (C=O) groups excluding carboxylic acids is 1. The molecule has 0 spiro atoms. The van der Waals surface area contributed by atoms with Crippen molar-refractivity contribution in [1.82, 2.24) is 10.1 Å². The molecule has 0 aliphatic carbocycles. The summed E-state index contributed by atoms with van der Waals surface area (Å²) in [4.78, 5) is 25.1. The van der Waals surface area contributed by atoms with Gasteiger partial charge in [0.05, 0.1) is 4.92 Å². The maximum Gasteiger partial charge on any atom is 0.293 e. The zero-order chi connectivity index (χ0) is 14.5. The molecule has 1 heterocycles. The van der Waals surface area contributed by atoms with E-state index in [1.54, 1.807) is 6.92 Å². The molecule has 0 unspecified atom stereocenters. The molecule has 0 amide bonds. The zero-order valence-corrected chi connectivity index (χ0v) is 10.7. The van der Waals surface area contributed by atoms with Gasteiger partial charge in [0.1, 0.15) is 12.0 Å². The second-order valence-electron chi connectivity index (χ2n) is 4.06. The van der Waals surface area contributed by atoms with Gasteiger partial charge < -0.3 is 9.84 Å². The third-order valence-corrected chi connectivity index (χ3v) is 2.58. The Bertz CT molecular complexity index is 638. The maximum atomic E-state index is 10.9. The molecule has 0 atom stereocenters. The molecule has 20 heavy (non-hydrogen) atoms. The number of nitro benzene ring substituents is 1. The van der Waals surface area contributed by atoms with Crippen molar-refractivity contribution >= 4 is 17.7 Å². The number of benzene rings is 1. The Balaban J connectivity index is 2.05. The lowest BCUT2D eigenvalue weighted by Crippen LogP contribution is -2.07. The SMILES string of the molecule is Cc1noc(CCNc2ccc(C=O)cc2[N+](=O)[O-])n1. The molecule has 1 aromatic carbocycles. The lowest BCUT2D eigenvalue weighted by atomic mass is 10.2. The van der Waals surface area contributed by atoms with Gasteiger partial charge in [-0.2, -0.15) is 4.98 Å². The number of nitrogens with one attached hydrogen (secondary N) is 1. The van der Waals surface area contributed by atoms with Crippen LogP contribution < -0.4 is 5.32 Å². The van der Waals surface area contributed by atoms with Crippen LogP contribution >= 0.6 is 0 Å². The molecule has 0 aliphatic rings. The second kappa shape index (κ2) is 5.91. The third kappa shape index (κ3) is 3.16. The van der Waals surface area contributed by atoms with Gasteiger partial charge in [0.15, 0.2) is 5.82 Å². The quantitative estimate of drug-likeness (QED) is 0.486. The summed E-state index contributed by atoms with van der Waals surface area (Å²) in [6, 6.07) is 4.24. The number of aromatic nitrogens is 2. The van der Waals surface area contributed by atoms with Crippen molar-refractivity contribution in [2.24, 2.45) is 0 Å². The minimum absolute atomic E-state index is 0.142. The average Bonchev–Trinajstić information content (AvgIpc) is 2.84. The van der Waals surface area contributed by atoms with Crippen LogP contribution in [-0.4, -0.2) is 27.9 Å². The van der Waals surface area contributed by atoms with Crippen LogP contribution in [0.15, 0.2) is 22.7 Å². The smallest absolute Gasteiger partial charge is 0.293 e. The summed E-state index contributed by atoms with van der Waals surface area (Å²) in [6.07, 6.45) is 1.02. The van der Waals surface area contributed by atoms with Crippen molar-refractivity contribution in [2.45, 2.75) is 13.3 Å². The molecule has 8 heteroatoms. The average molecular weight is 276 g/mol. The van der Waals surface area contributed by atoms with Gasteiger partial charge in [-0.25, -0.2) is 0 Å². The van der Waals surface area contributed by atoms with E-state index < -0.39 is 4.92 Å². The molecule has 1 aromatic heterocycles. The predicted molar refractivity (Wildman–Crippen MR) is 69.7 cm³/mol. The summed E-state index contributed by atoms with van der Waals surface area (Å²) in [7, 11) is 0. The monoisotopic (exact) mass is 276 g/mol. The molecule has 0 radical (unpaired) electrons. The van der Waals surface area contributed by atoms with Gasteiger partial charge in [-0.3, -0.25) is 14.9 Å². The molecule has 1 N–H and O–H groups in total. The third-order valence-electron chi connectivity index (χ3n) is 2.58. The first-order valence-electron chi connectivity index (χ1n) is 5.87. The minimum Gasteiger partial charge on any atom is -0.379 e. The predicted octanol–water partition coefficient (Wildman–Crippen LogP) is 1.75. The highest BCUT2D eigenvalue weighted by Crippen LogP contribution is 2.24. The normalized spacial score (nSPS) is 10.2. The van der Waals surface area contributed by atoms with Gasteiger partial charge >= 0.3 is 0 Å². The van der Waals surface area contributed by atoms with Gasteiger partial charge in [0.25, 0.3) is 5.69 Å². The Labute approximate surface area is 113 Å². The summed E-state index contributed by atoms with van der Waals surface area (Å²) >= 11 is 0. The van der Waals surface area contributed by atoms with E-state index >= 15 is 0 Å². The lowest BCUT2D eigenvalue weighted by molar-refractivity contribution is -0.384. The highest BCUT2D eigenvalue weighted by atomic mass is 16.6. The molecule has 104 valence electrons. The van der Waals surface area contributed by atoms with E-state index in [-0.39, 0.29) is 11.3 Å². The number of rotatable bonds is 6. The van der Waals surface area contributed by atoms with Crippen LogP contribution in [0.2, 0.25) is 0 Å². The minimum atomic E-state index is -0.536. The number of nitro groups is 1. The van der Waals surface area contributed by atoms with E-state index in [1.807, 2.05) is 0 Å². The van der Waals surface area contributed by atoms with Crippen molar-refractivity contribution in [3.63, 3.8) is 0 Å². The molecule has 0 bridgehead atoms. The van der Waals surface area contributed by atoms with Gasteiger partial charge in [-0.1, -0.05) is 5.16 Å². The molecule has 0 saturated heterocycles. The first-order chi connectivity index (χ1) is 9.60. The molecule has 0 fully saturated rings. The van der Waals surface area contributed by atoms with E-state index in [0.717, 1.165) is 0 Å². The summed E-state index contributed by atoms with van der Waals surface area (Å²) in [5, 5.41) is 17.5. The highest BCUT2D eigenvalue weighted by molar-refractivity contribution is 5.79. The van der Waals surface area contributed by atoms with E-state index in [0.29, 0.717) is 36.7 Å². The van der Waals surface area contributed by atoms with Crippen molar-refractivity contribution in [2.75, 3.05) is 11.9 Å². The first kappa shape index (κ1) is 13.7. The number of hydrogen-bond acceptors (Lipinski definition) is 7. The number of aldehydes is 1. The largest absolute Gasteiger partial charge is 0.379 e. The van der Waals surface area contributed by atoms with Gasteiger partial charge in [-0.15, -0.1) is 0 Å². The van der Waals surface area contributed by atoms with Crippen LogP contribution in [0.5, 0.6) is 0 Å². The van der Waals surface area contributed by atoms with Crippen LogP contribution in [-0.2, 0) is 6.42 Å². The zero-order valence-electron chi connectivity index (χ0n) is 10.7. The fourth-order valence-electron chi connectivity index (χ4n) is 1.67. The fraction of sp³-hybridized carbons (Fsp3) is 0.250. The molecule has 0 saturated carbocycles. The van der Waals surface area contributed by atoms with Gasteiger partial charge in [-0.05, 0) is 19.1 Å². The molecule has 0 aliphatic heterocycles. The molecular weight excluding hydrogens is 264 g/mol. The number of carbonyl (C=O) groups is 1. The molecule has 2 rings (SSSR count).